The first kappa shape index (κ1) is 12.2. The average molecular weight is 260 g/mol. The molecule has 0 saturated heterocycles. The molecule has 0 aliphatic rings. The van der Waals surface area contributed by atoms with Gasteiger partial charge in [-0.25, -0.2) is 4.79 Å². The highest BCUT2D eigenvalue weighted by Crippen LogP contribution is 2.34. The maximum absolute atomic E-state index is 12.7. The number of methoxy groups -OCH3 is 1. The summed E-state index contributed by atoms with van der Waals surface area (Å²) in [5.74, 6) is -1.67. The number of rotatable bonds is 2. The van der Waals surface area contributed by atoms with Crippen LogP contribution < -0.4 is 4.74 Å². The van der Waals surface area contributed by atoms with Crippen molar-refractivity contribution in [2.24, 2.45) is 0 Å². The largest absolute Gasteiger partial charge is 0.481 e. The second-order valence-corrected chi connectivity index (χ2v) is 3.39. The van der Waals surface area contributed by atoms with E-state index in [0.29, 0.717) is 0 Å². The number of hydrogen-bond acceptors (Lipinski definition) is 3. The summed E-state index contributed by atoms with van der Waals surface area (Å²) in [7, 11) is 1.25. The Kier molecular flexibility index (Phi) is 2.64. The van der Waals surface area contributed by atoms with E-state index < -0.39 is 23.4 Å². The maximum atomic E-state index is 12.7. The van der Waals surface area contributed by atoms with Crippen LogP contribution in [0.25, 0.3) is 5.52 Å². The number of hydrogen-bond donors (Lipinski definition) is 1. The van der Waals surface area contributed by atoms with Crippen molar-refractivity contribution in [3.8, 4) is 5.88 Å². The molecule has 0 aromatic carbocycles. The Balaban J connectivity index is 2.87. The minimum absolute atomic E-state index is 0.0190. The molecule has 0 saturated carbocycles. The minimum atomic E-state index is -4.84. The van der Waals surface area contributed by atoms with E-state index in [1.54, 1.807) is 0 Å². The standard InChI is InChI=1S/C10H7F3N2O3/c1-18-6-4-2-3-5-7(9(16)17)8(10(11,12)13)14-15(5)6/h2-4H,1H3,(H,16,17). The Hall–Kier alpha value is -2.25. The summed E-state index contributed by atoms with van der Waals surface area (Å²) in [6.45, 7) is 0. The molecule has 0 spiro atoms. The van der Waals surface area contributed by atoms with Gasteiger partial charge in [-0.05, 0) is 6.07 Å². The average Bonchev–Trinajstić information content (AvgIpc) is 2.67. The predicted octanol–water partition coefficient (Wildman–Crippen LogP) is 2.06. The Morgan fingerprint density at radius 1 is 1.44 bits per heavy atom. The molecule has 5 nitrogen and oxygen atoms in total. The molecule has 0 fully saturated rings. The van der Waals surface area contributed by atoms with Crippen molar-refractivity contribution in [2.75, 3.05) is 7.11 Å². The van der Waals surface area contributed by atoms with Gasteiger partial charge in [0.15, 0.2) is 5.69 Å². The second-order valence-electron chi connectivity index (χ2n) is 3.39. The SMILES string of the molecule is COc1cccc2c(C(=O)O)c(C(F)(F)F)nn12. The van der Waals surface area contributed by atoms with Crippen molar-refractivity contribution in [2.45, 2.75) is 6.18 Å². The van der Waals surface area contributed by atoms with Crippen LogP contribution in [0.5, 0.6) is 5.88 Å². The summed E-state index contributed by atoms with van der Waals surface area (Å²) < 4.78 is 43.7. The quantitative estimate of drug-likeness (QED) is 0.897. The van der Waals surface area contributed by atoms with E-state index in [1.165, 1.54) is 25.3 Å². The van der Waals surface area contributed by atoms with Crippen LogP contribution in [-0.2, 0) is 6.18 Å². The van der Waals surface area contributed by atoms with Gasteiger partial charge in [0.2, 0.25) is 5.88 Å². The lowest BCUT2D eigenvalue weighted by Crippen LogP contribution is -2.12. The fraction of sp³-hybridized carbons (Fsp3) is 0.200. The third kappa shape index (κ3) is 1.75. The van der Waals surface area contributed by atoms with Gasteiger partial charge in [-0.1, -0.05) is 6.07 Å². The van der Waals surface area contributed by atoms with Crippen molar-refractivity contribution in [3.05, 3.63) is 29.5 Å². The van der Waals surface area contributed by atoms with Gasteiger partial charge in [0, 0.05) is 6.07 Å². The summed E-state index contributed by atoms with van der Waals surface area (Å²) in [4.78, 5) is 10.9. The highest BCUT2D eigenvalue weighted by Gasteiger charge is 2.40. The molecular weight excluding hydrogens is 253 g/mol. The molecule has 0 bridgehead atoms. The monoisotopic (exact) mass is 260 g/mol. The summed E-state index contributed by atoms with van der Waals surface area (Å²) in [6, 6.07) is 4.00. The molecule has 0 unspecified atom stereocenters. The number of aromatic nitrogens is 2. The number of aromatic carboxylic acids is 1. The lowest BCUT2D eigenvalue weighted by atomic mass is 10.2. The number of ether oxygens (including phenoxy) is 1. The molecule has 0 amide bonds. The number of carbonyl (C=O) groups is 1. The zero-order chi connectivity index (χ0) is 13.5. The van der Waals surface area contributed by atoms with Crippen molar-refractivity contribution in [1.29, 1.82) is 0 Å². The molecule has 8 heteroatoms. The van der Waals surface area contributed by atoms with Gasteiger partial charge < -0.3 is 9.84 Å². The third-order valence-electron chi connectivity index (χ3n) is 2.31. The van der Waals surface area contributed by atoms with Crippen LogP contribution in [0.15, 0.2) is 18.2 Å². The van der Waals surface area contributed by atoms with Gasteiger partial charge in [0.25, 0.3) is 0 Å². The molecule has 2 aromatic heterocycles. The summed E-state index contributed by atoms with van der Waals surface area (Å²) in [5, 5.41) is 12.1. The Morgan fingerprint density at radius 3 is 2.61 bits per heavy atom. The first-order valence-corrected chi connectivity index (χ1v) is 4.72. The van der Waals surface area contributed by atoms with Gasteiger partial charge in [-0.3, -0.25) is 0 Å². The van der Waals surface area contributed by atoms with Gasteiger partial charge in [0.05, 0.1) is 12.6 Å². The normalized spacial score (nSPS) is 11.8. The first-order chi connectivity index (χ1) is 8.36. The zero-order valence-electron chi connectivity index (χ0n) is 9.02. The molecule has 2 aromatic rings. The molecule has 1 N–H and O–H groups in total. The zero-order valence-corrected chi connectivity index (χ0v) is 9.02. The van der Waals surface area contributed by atoms with Crippen molar-refractivity contribution in [3.63, 3.8) is 0 Å². The van der Waals surface area contributed by atoms with E-state index in [0.717, 1.165) is 4.52 Å². The molecule has 0 aliphatic heterocycles. The van der Waals surface area contributed by atoms with E-state index in [9.17, 15) is 18.0 Å². The minimum Gasteiger partial charge on any atom is -0.481 e. The maximum Gasteiger partial charge on any atom is 0.436 e. The molecule has 0 atom stereocenters. The predicted molar refractivity (Wildman–Crippen MR) is 53.7 cm³/mol. The molecule has 0 aliphatic carbocycles. The number of fused-ring (bicyclic) bond motifs is 1. The van der Waals surface area contributed by atoms with Gasteiger partial charge in [0.1, 0.15) is 5.56 Å². The number of nitrogens with zero attached hydrogens (tertiary/aromatic N) is 2. The number of halogens is 3. The highest BCUT2D eigenvalue weighted by molar-refractivity contribution is 5.97. The van der Waals surface area contributed by atoms with Gasteiger partial charge in [-0.15, -0.1) is 0 Å². The number of carboxylic acids is 1. The summed E-state index contributed by atoms with van der Waals surface area (Å²) in [5.41, 5.74) is -2.50. The van der Waals surface area contributed by atoms with Crippen LogP contribution in [0.3, 0.4) is 0 Å². The molecule has 18 heavy (non-hydrogen) atoms. The van der Waals surface area contributed by atoms with E-state index in [4.69, 9.17) is 9.84 Å². The number of pyridine rings is 1. The Labute approximate surface area is 98.4 Å². The van der Waals surface area contributed by atoms with E-state index >= 15 is 0 Å². The second kappa shape index (κ2) is 3.90. The van der Waals surface area contributed by atoms with Gasteiger partial charge >= 0.3 is 12.1 Å². The van der Waals surface area contributed by atoms with Crippen molar-refractivity contribution < 1.29 is 27.8 Å². The van der Waals surface area contributed by atoms with E-state index in [1.807, 2.05) is 0 Å². The fourth-order valence-corrected chi connectivity index (χ4v) is 1.61. The number of alkyl halides is 3. The highest BCUT2D eigenvalue weighted by atomic mass is 19.4. The topological polar surface area (TPSA) is 63.8 Å². The lowest BCUT2D eigenvalue weighted by Gasteiger charge is -2.02. The van der Waals surface area contributed by atoms with E-state index in [2.05, 4.69) is 5.10 Å². The third-order valence-corrected chi connectivity index (χ3v) is 2.31. The van der Waals surface area contributed by atoms with Crippen LogP contribution in [-0.4, -0.2) is 27.8 Å². The first-order valence-electron chi connectivity index (χ1n) is 4.72. The van der Waals surface area contributed by atoms with Crippen molar-refractivity contribution in [1.82, 2.24) is 9.61 Å². The smallest absolute Gasteiger partial charge is 0.436 e. The molecule has 96 valence electrons. The summed E-state index contributed by atoms with van der Waals surface area (Å²) >= 11 is 0. The number of carboxylic acid groups (broad SMARTS) is 1. The Morgan fingerprint density at radius 2 is 2.11 bits per heavy atom. The fourth-order valence-electron chi connectivity index (χ4n) is 1.61. The van der Waals surface area contributed by atoms with E-state index in [-0.39, 0.29) is 11.4 Å². The van der Waals surface area contributed by atoms with Crippen LogP contribution >= 0.6 is 0 Å². The van der Waals surface area contributed by atoms with Crippen molar-refractivity contribution >= 4 is 11.5 Å². The van der Waals surface area contributed by atoms with Crippen LogP contribution in [0, 0.1) is 0 Å². The van der Waals surface area contributed by atoms with Crippen LogP contribution in [0.1, 0.15) is 16.1 Å². The Bertz CT molecular complexity index is 619. The summed E-state index contributed by atoms with van der Waals surface area (Å²) in [6.07, 6.45) is -4.84. The van der Waals surface area contributed by atoms with Crippen LogP contribution in [0.2, 0.25) is 0 Å². The van der Waals surface area contributed by atoms with Crippen LogP contribution in [0.4, 0.5) is 13.2 Å². The molecule has 2 rings (SSSR count). The van der Waals surface area contributed by atoms with Gasteiger partial charge in [-0.2, -0.15) is 22.8 Å². The molecule has 2 heterocycles. The molecular formula is C10H7F3N2O3. The molecule has 0 radical (unpaired) electrons. The lowest BCUT2D eigenvalue weighted by molar-refractivity contribution is -0.141.